The summed E-state index contributed by atoms with van der Waals surface area (Å²) in [5, 5.41) is 6.05. The van der Waals surface area contributed by atoms with Crippen molar-refractivity contribution >= 4 is 17.5 Å². The summed E-state index contributed by atoms with van der Waals surface area (Å²) >= 11 is 0. The number of likely N-dealkylation sites (N-methyl/N-ethyl adjacent to an activating group) is 1. The van der Waals surface area contributed by atoms with Gasteiger partial charge in [0.25, 0.3) is 0 Å². The summed E-state index contributed by atoms with van der Waals surface area (Å²) in [7, 11) is 1.80. The number of nitrogens with one attached hydrogen (secondary N) is 2. The molecule has 2 atom stereocenters. The topological polar surface area (TPSA) is 61.4 Å². The van der Waals surface area contributed by atoms with Crippen LogP contribution in [-0.4, -0.2) is 42.9 Å². The van der Waals surface area contributed by atoms with Gasteiger partial charge in [0.1, 0.15) is 0 Å². The van der Waals surface area contributed by atoms with Crippen LogP contribution in [0.25, 0.3) is 0 Å². The second-order valence-corrected chi connectivity index (χ2v) is 8.17. The predicted octanol–water partition coefficient (Wildman–Crippen LogP) is 4.18. The van der Waals surface area contributed by atoms with Crippen LogP contribution in [0.5, 0.6) is 0 Å². The zero-order chi connectivity index (χ0) is 22.3. The molecule has 162 valence electrons. The molecule has 0 spiro atoms. The van der Waals surface area contributed by atoms with Gasteiger partial charge in [-0.15, -0.1) is 0 Å². The van der Waals surface area contributed by atoms with Gasteiger partial charge in [0, 0.05) is 18.2 Å². The van der Waals surface area contributed by atoms with Crippen molar-refractivity contribution < 1.29 is 9.59 Å². The Hall–Kier alpha value is -2.66. The molecule has 0 saturated heterocycles. The van der Waals surface area contributed by atoms with Gasteiger partial charge in [-0.1, -0.05) is 55.0 Å². The minimum Gasteiger partial charge on any atom is -0.354 e. The Balaban J connectivity index is 1.89. The number of carbonyl (C=O) groups excluding carboxylic acids is 2. The van der Waals surface area contributed by atoms with Crippen LogP contribution in [-0.2, 0) is 9.59 Å². The van der Waals surface area contributed by atoms with Gasteiger partial charge in [0.2, 0.25) is 11.8 Å². The third-order valence-corrected chi connectivity index (χ3v) is 5.66. The molecular formula is C25H35N3O2. The van der Waals surface area contributed by atoms with Gasteiger partial charge in [0.15, 0.2) is 0 Å². The number of carbonyl (C=O) groups is 2. The second-order valence-electron chi connectivity index (χ2n) is 8.17. The minimum atomic E-state index is -0.399. The minimum absolute atomic E-state index is 0.0672. The molecule has 2 rings (SSSR count). The van der Waals surface area contributed by atoms with E-state index in [-0.39, 0.29) is 24.3 Å². The van der Waals surface area contributed by atoms with E-state index >= 15 is 0 Å². The van der Waals surface area contributed by atoms with Crippen LogP contribution in [0.4, 0.5) is 5.69 Å². The average molecular weight is 410 g/mol. The van der Waals surface area contributed by atoms with E-state index in [9.17, 15) is 9.59 Å². The molecular weight excluding hydrogens is 374 g/mol. The van der Waals surface area contributed by atoms with Crippen molar-refractivity contribution in [3.8, 4) is 0 Å². The lowest BCUT2D eigenvalue weighted by Crippen LogP contribution is -2.46. The first-order chi connectivity index (χ1) is 14.2. The van der Waals surface area contributed by atoms with Crippen LogP contribution in [0.3, 0.4) is 0 Å². The van der Waals surface area contributed by atoms with Crippen LogP contribution >= 0.6 is 0 Å². The van der Waals surface area contributed by atoms with Gasteiger partial charge in [-0.2, -0.15) is 0 Å². The van der Waals surface area contributed by atoms with Crippen molar-refractivity contribution in [2.75, 3.05) is 25.5 Å². The smallest absolute Gasteiger partial charge is 0.238 e. The SMILES string of the molecule is CC[C@@H](CNC(=O)[C@@H](C)N(C)CC(=O)Nc1c(C)cc(C)cc1C)c1ccccc1. The molecule has 2 amide bonds. The Labute approximate surface area is 180 Å². The number of hydrogen-bond acceptors (Lipinski definition) is 3. The van der Waals surface area contributed by atoms with Crippen LogP contribution in [0, 0.1) is 20.8 Å². The number of amides is 2. The lowest BCUT2D eigenvalue weighted by Gasteiger charge is -2.25. The van der Waals surface area contributed by atoms with Crippen LogP contribution in [0.2, 0.25) is 0 Å². The van der Waals surface area contributed by atoms with Crippen molar-refractivity contribution in [3.63, 3.8) is 0 Å². The van der Waals surface area contributed by atoms with Crippen molar-refractivity contribution in [2.24, 2.45) is 0 Å². The van der Waals surface area contributed by atoms with Crippen molar-refractivity contribution in [1.82, 2.24) is 10.2 Å². The number of anilines is 1. The van der Waals surface area contributed by atoms with E-state index in [1.807, 2.05) is 45.9 Å². The van der Waals surface area contributed by atoms with Crippen molar-refractivity contribution in [1.29, 1.82) is 0 Å². The number of rotatable bonds is 9. The Kier molecular flexibility index (Phi) is 8.60. The van der Waals surface area contributed by atoms with Gasteiger partial charge in [-0.25, -0.2) is 0 Å². The molecule has 5 heteroatoms. The third-order valence-electron chi connectivity index (χ3n) is 5.66. The summed E-state index contributed by atoms with van der Waals surface area (Å²) in [6.07, 6.45) is 0.951. The zero-order valence-corrected chi connectivity index (χ0v) is 19.1. The Morgan fingerprint density at radius 3 is 2.20 bits per heavy atom. The van der Waals surface area contributed by atoms with E-state index in [4.69, 9.17) is 0 Å². The molecule has 30 heavy (non-hydrogen) atoms. The molecule has 2 N–H and O–H groups in total. The molecule has 2 aromatic rings. The fourth-order valence-electron chi connectivity index (χ4n) is 3.71. The summed E-state index contributed by atoms with van der Waals surface area (Å²) in [5.41, 5.74) is 5.34. The molecule has 0 fully saturated rings. The Morgan fingerprint density at radius 1 is 1.03 bits per heavy atom. The molecule has 0 aliphatic heterocycles. The van der Waals surface area contributed by atoms with Crippen molar-refractivity contribution in [3.05, 3.63) is 64.7 Å². The standard InChI is InChI=1S/C25H35N3O2/c1-7-21(22-11-9-8-10-12-22)15-26-25(30)20(5)28(6)16-23(29)27-24-18(3)13-17(2)14-19(24)4/h8-14,20-21H,7,15-16H2,1-6H3,(H,26,30)(H,27,29)/t20-,21+/m1/s1. The lowest BCUT2D eigenvalue weighted by atomic mass is 9.96. The normalized spacial score (nSPS) is 13.0. The molecule has 0 aliphatic rings. The highest BCUT2D eigenvalue weighted by molar-refractivity contribution is 5.94. The monoisotopic (exact) mass is 409 g/mol. The second kappa shape index (κ2) is 10.9. The first kappa shape index (κ1) is 23.6. The fraction of sp³-hybridized carbons (Fsp3) is 0.440. The average Bonchev–Trinajstić information content (AvgIpc) is 2.71. The molecule has 0 radical (unpaired) electrons. The molecule has 0 saturated carbocycles. The van der Waals surface area contributed by atoms with Crippen LogP contribution < -0.4 is 10.6 Å². The maximum absolute atomic E-state index is 12.6. The van der Waals surface area contributed by atoms with E-state index in [0.717, 1.165) is 23.2 Å². The maximum atomic E-state index is 12.6. The molecule has 5 nitrogen and oxygen atoms in total. The third kappa shape index (κ3) is 6.42. The lowest BCUT2D eigenvalue weighted by molar-refractivity contribution is -0.126. The molecule has 0 aromatic heterocycles. The van der Waals surface area contributed by atoms with Gasteiger partial charge in [-0.3, -0.25) is 14.5 Å². The highest BCUT2D eigenvalue weighted by Crippen LogP contribution is 2.22. The fourth-order valence-corrected chi connectivity index (χ4v) is 3.71. The Bertz CT molecular complexity index is 841. The highest BCUT2D eigenvalue weighted by atomic mass is 16.2. The van der Waals surface area contributed by atoms with E-state index < -0.39 is 6.04 Å². The number of nitrogens with zero attached hydrogens (tertiary/aromatic N) is 1. The largest absolute Gasteiger partial charge is 0.354 e. The molecule has 0 unspecified atom stereocenters. The maximum Gasteiger partial charge on any atom is 0.238 e. The van der Waals surface area contributed by atoms with Gasteiger partial charge in [0.05, 0.1) is 12.6 Å². The van der Waals surface area contributed by atoms with E-state index in [1.54, 1.807) is 11.9 Å². The van der Waals surface area contributed by atoms with E-state index in [2.05, 4.69) is 41.8 Å². The Morgan fingerprint density at radius 2 is 1.63 bits per heavy atom. The summed E-state index contributed by atoms with van der Waals surface area (Å²) in [4.78, 5) is 27.0. The predicted molar refractivity (Wildman–Crippen MR) is 124 cm³/mol. The molecule has 0 bridgehead atoms. The summed E-state index contributed by atoms with van der Waals surface area (Å²) in [6, 6.07) is 13.9. The zero-order valence-electron chi connectivity index (χ0n) is 19.1. The molecule has 0 heterocycles. The molecule has 2 aromatic carbocycles. The van der Waals surface area contributed by atoms with Gasteiger partial charge >= 0.3 is 0 Å². The first-order valence-electron chi connectivity index (χ1n) is 10.6. The number of aryl methyl sites for hydroxylation is 3. The quantitative estimate of drug-likeness (QED) is 0.653. The van der Waals surface area contributed by atoms with E-state index in [0.29, 0.717) is 6.54 Å². The summed E-state index contributed by atoms with van der Waals surface area (Å²) in [5.74, 6) is 0.0914. The van der Waals surface area contributed by atoms with Crippen LogP contribution in [0.15, 0.2) is 42.5 Å². The summed E-state index contributed by atoms with van der Waals surface area (Å²) in [6.45, 7) is 10.7. The van der Waals surface area contributed by atoms with E-state index in [1.165, 1.54) is 11.1 Å². The number of benzene rings is 2. The summed E-state index contributed by atoms with van der Waals surface area (Å²) < 4.78 is 0. The molecule has 0 aliphatic carbocycles. The first-order valence-corrected chi connectivity index (χ1v) is 10.6. The van der Waals surface area contributed by atoms with Gasteiger partial charge in [-0.05, 0) is 57.9 Å². The van der Waals surface area contributed by atoms with Crippen molar-refractivity contribution in [2.45, 2.75) is 53.0 Å². The van der Waals surface area contributed by atoms with Gasteiger partial charge < -0.3 is 10.6 Å². The highest BCUT2D eigenvalue weighted by Gasteiger charge is 2.21. The van der Waals surface area contributed by atoms with Crippen LogP contribution in [0.1, 0.15) is 48.4 Å². The number of hydrogen-bond donors (Lipinski definition) is 2.